The minimum absolute atomic E-state index is 0.386. The first-order chi connectivity index (χ1) is 8.10. The smallest absolute Gasteiger partial charge is 0.325 e. The van der Waals surface area contributed by atoms with E-state index in [1.807, 2.05) is 0 Å². The van der Waals surface area contributed by atoms with E-state index in [1.165, 1.54) is 7.11 Å². The van der Waals surface area contributed by atoms with Crippen LogP contribution in [0.25, 0.3) is 0 Å². The molecule has 1 aromatic rings. The van der Waals surface area contributed by atoms with Gasteiger partial charge in [-0.15, -0.1) is 6.58 Å². The van der Waals surface area contributed by atoms with E-state index < -0.39 is 12.0 Å². The van der Waals surface area contributed by atoms with Crippen LogP contribution >= 0.6 is 11.6 Å². The molecule has 2 N–H and O–H groups in total. The van der Waals surface area contributed by atoms with Crippen LogP contribution in [0.2, 0.25) is 5.02 Å². The summed E-state index contributed by atoms with van der Waals surface area (Å²) in [7, 11) is 1.51. The first kappa shape index (κ1) is 13.5. The van der Waals surface area contributed by atoms with Gasteiger partial charge in [0, 0.05) is 6.54 Å². The second-order valence-corrected chi connectivity index (χ2v) is 3.77. The number of hydrogen-bond acceptors (Lipinski definition) is 3. The van der Waals surface area contributed by atoms with Crippen molar-refractivity contribution in [1.82, 2.24) is 5.32 Å². The maximum Gasteiger partial charge on any atom is 0.325 e. The third-order valence-corrected chi connectivity index (χ3v) is 2.52. The predicted octanol–water partition coefficient (Wildman–Crippen LogP) is 2.25. The quantitative estimate of drug-likeness (QED) is 0.766. The molecule has 0 heterocycles. The van der Waals surface area contributed by atoms with Crippen molar-refractivity contribution in [2.75, 3.05) is 13.7 Å². The second kappa shape index (κ2) is 6.27. The highest BCUT2D eigenvalue weighted by molar-refractivity contribution is 6.32. The highest BCUT2D eigenvalue weighted by Crippen LogP contribution is 2.27. The molecule has 0 radical (unpaired) electrons. The van der Waals surface area contributed by atoms with Crippen LogP contribution in [-0.2, 0) is 4.79 Å². The molecule has 1 atom stereocenters. The summed E-state index contributed by atoms with van der Waals surface area (Å²) in [4.78, 5) is 11.1. The first-order valence-corrected chi connectivity index (χ1v) is 5.38. The van der Waals surface area contributed by atoms with Crippen LogP contribution in [0.4, 0.5) is 0 Å². The van der Waals surface area contributed by atoms with Gasteiger partial charge in [0.2, 0.25) is 0 Å². The Hall–Kier alpha value is -1.52. The van der Waals surface area contributed by atoms with Gasteiger partial charge in [-0.1, -0.05) is 23.7 Å². The van der Waals surface area contributed by atoms with Crippen LogP contribution in [0.5, 0.6) is 5.75 Å². The third-order valence-electron chi connectivity index (χ3n) is 2.22. The number of ether oxygens (including phenoxy) is 1. The average molecular weight is 256 g/mol. The molecule has 0 aliphatic rings. The van der Waals surface area contributed by atoms with Crippen LogP contribution in [0.3, 0.4) is 0 Å². The topological polar surface area (TPSA) is 58.6 Å². The van der Waals surface area contributed by atoms with Gasteiger partial charge in [0.1, 0.15) is 11.8 Å². The van der Waals surface area contributed by atoms with Crippen LogP contribution in [0.1, 0.15) is 11.6 Å². The normalized spacial score (nSPS) is 11.9. The lowest BCUT2D eigenvalue weighted by molar-refractivity contribution is -0.139. The fourth-order valence-corrected chi connectivity index (χ4v) is 1.68. The number of carboxylic acids is 1. The van der Waals surface area contributed by atoms with E-state index in [4.69, 9.17) is 21.4 Å². The lowest BCUT2D eigenvalue weighted by Crippen LogP contribution is -2.28. The highest BCUT2D eigenvalue weighted by Gasteiger charge is 2.19. The summed E-state index contributed by atoms with van der Waals surface area (Å²) in [6, 6.07) is 4.08. The molecule has 1 unspecified atom stereocenters. The number of benzene rings is 1. The SMILES string of the molecule is C=CCNC(C(=O)O)c1ccc(OC)c(Cl)c1. The van der Waals surface area contributed by atoms with Gasteiger partial charge in [-0.25, -0.2) is 0 Å². The molecule has 0 saturated heterocycles. The zero-order valence-corrected chi connectivity index (χ0v) is 10.2. The molecule has 0 aliphatic carbocycles. The van der Waals surface area contributed by atoms with Gasteiger partial charge in [0.25, 0.3) is 0 Å². The summed E-state index contributed by atoms with van der Waals surface area (Å²) in [5, 5.41) is 12.3. The maximum atomic E-state index is 11.1. The summed E-state index contributed by atoms with van der Waals surface area (Å²) >= 11 is 5.95. The lowest BCUT2D eigenvalue weighted by Gasteiger charge is -2.14. The fourth-order valence-electron chi connectivity index (χ4n) is 1.41. The molecule has 0 aliphatic heterocycles. The number of rotatable bonds is 6. The molecule has 0 spiro atoms. The number of methoxy groups -OCH3 is 1. The monoisotopic (exact) mass is 255 g/mol. The van der Waals surface area contributed by atoms with Gasteiger partial charge in [0.15, 0.2) is 0 Å². The zero-order chi connectivity index (χ0) is 12.8. The van der Waals surface area contributed by atoms with Crippen molar-refractivity contribution >= 4 is 17.6 Å². The van der Waals surface area contributed by atoms with E-state index >= 15 is 0 Å². The Balaban J connectivity index is 2.98. The van der Waals surface area contributed by atoms with E-state index in [0.29, 0.717) is 22.9 Å². The minimum atomic E-state index is -0.965. The number of halogens is 1. The van der Waals surface area contributed by atoms with Crippen LogP contribution in [0, 0.1) is 0 Å². The number of carbonyl (C=O) groups is 1. The molecule has 0 fully saturated rings. The third kappa shape index (κ3) is 3.47. The number of nitrogens with one attached hydrogen (secondary N) is 1. The zero-order valence-electron chi connectivity index (χ0n) is 9.44. The van der Waals surface area contributed by atoms with Crippen LogP contribution in [-0.4, -0.2) is 24.7 Å². The minimum Gasteiger partial charge on any atom is -0.495 e. The highest BCUT2D eigenvalue weighted by atomic mass is 35.5. The molecule has 0 amide bonds. The molecular weight excluding hydrogens is 242 g/mol. The van der Waals surface area contributed by atoms with Crippen LogP contribution in [0.15, 0.2) is 30.9 Å². The second-order valence-electron chi connectivity index (χ2n) is 3.36. The van der Waals surface area contributed by atoms with E-state index in [2.05, 4.69) is 11.9 Å². The molecule has 1 aromatic carbocycles. The van der Waals surface area contributed by atoms with Crippen molar-refractivity contribution in [3.8, 4) is 5.75 Å². The summed E-state index contributed by atoms with van der Waals surface area (Å²) in [6.07, 6.45) is 1.60. The summed E-state index contributed by atoms with van der Waals surface area (Å²) < 4.78 is 5.01. The average Bonchev–Trinajstić information content (AvgIpc) is 2.29. The lowest BCUT2D eigenvalue weighted by atomic mass is 10.1. The van der Waals surface area contributed by atoms with Crippen molar-refractivity contribution in [2.45, 2.75) is 6.04 Å². The Morgan fingerprint density at radius 3 is 2.88 bits per heavy atom. The Morgan fingerprint density at radius 1 is 1.71 bits per heavy atom. The van der Waals surface area contributed by atoms with Gasteiger partial charge in [0.05, 0.1) is 12.1 Å². The summed E-state index contributed by atoms with van der Waals surface area (Å²) in [5.41, 5.74) is 0.574. The Labute approximate surface area is 105 Å². The van der Waals surface area contributed by atoms with Gasteiger partial charge >= 0.3 is 5.97 Å². The van der Waals surface area contributed by atoms with Crippen molar-refractivity contribution in [3.05, 3.63) is 41.4 Å². The molecule has 0 bridgehead atoms. The van der Waals surface area contributed by atoms with Crippen molar-refractivity contribution in [3.63, 3.8) is 0 Å². The molecule has 5 heteroatoms. The van der Waals surface area contributed by atoms with Gasteiger partial charge in [-0.05, 0) is 17.7 Å². The molecule has 92 valence electrons. The Morgan fingerprint density at radius 2 is 2.41 bits per heavy atom. The van der Waals surface area contributed by atoms with E-state index in [1.54, 1.807) is 24.3 Å². The van der Waals surface area contributed by atoms with E-state index in [9.17, 15) is 4.79 Å². The Bertz CT molecular complexity index is 420. The maximum absolute atomic E-state index is 11.1. The van der Waals surface area contributed by atoms with E-state index in [0.717, 1.165) is 0 Å². The fraction of sp³-hybridized carbons (Fsp3) is 0.250. The molecule has 0 saturated carbocycles. The molecule has 17 heavy (non-hydrogen) atoms. The predicted molar refractivity (Wildman–Crippen MR) is 66.6 cm³/mol. The largest absolute Gasteiger partial charge is 0.495 e. The molecule has 0 aromatic heterocycles. The van der Waals surface area contributed by atoms with Crippen molar-refractivity contribution < 1.29 is 14.6 Å². The standard InChI is InChI=1S/C12H14ClNO3/c1-3-6-14-11(12(15)16)8-4-5-10(17-2)9(13)7-8/h3-5,7,11,14H,1,6H2,2H3,(H,15,16). The number of hydrogen-bond donors (Lipinski definition) is 2. The van der Waals surface area contributed by atoms with Gasteiger partial charge in [-0.3, -0.25) is 10.1 Å². The van der Waals surface area contributed by atoms with Crippen molar-refractivity contribution in [2.24, 2.45) is 0 Å². The Kier molecular flexibility index (Phi) is 5.00. The van der Waals surface area contributed by atoms with E-state index in [-0.39, 0.29) is 0 Å². The van der Waals surface area contributed by atoms with Gasteiger partial charge in [-0.2, -0.15) is 0 Å². The molecule has 4 nitrogen and oxygen atoms in total. The number of aliphatic carboxylic acids is 1. The van der Waals surface area contributed by atoms with Crippen molar-refractivity contribution in [1.29, 1.82) is 0 Å². The molecule has 1 rings (SSSR count). The molecular formula is C12H14ClNO3. The summed E-state index contributed by atoms with van der Waals surface area (Å²) in [5.74, 6) is -0.448. The summed E-state index contributed by atoms with van der Waals surface area (Å²) in [6.45, 7) is 3.93. The van der Waals surface area contributed by atoms with Gasteiger partial charge < -0.3 is 9.84 Å². The number of carboxylic acid groups (broad SMARTS) is 1. The van der Waals surface area contributed by atoms with Crippen LogP contribution < -0.4 is 10.1 Å². The first-order valence-electron chi connectivity index (χ1n) is 5.00.